The minimum absolute atomic E-state index is 0.191. The minimum atomic E-state index is 0.191. The van der Waals surface area contributed by atoms with E-state index in [4.69, 9.17) is 0 Å². The number of nitrogens with zero attached hydrogens (tertiary/aromatic N) is 3. The van der Waals surface area contributed by atoms with Crippen LogP contribution < -0.4 is 0 Å². The van der Waals surface area contributed by atoms with E-state index in [1.807, 2.05) is 6.20 Å². The van der Waals surface area contributed by atoms with Gasteiger partial charge in [-0.25, -0.2) is 9.97 Å². The average molecular weight is 247 g/mol. The molecule has 0 unspecified atom stereocenters. The summed E-state index contributed by atoms with van der Waals surface area (Å²) in [6, 6.07) is 0. The van der Waals surface area contributed by atoms with E-state index in [0.29, 0.717) is 12.1 Å². The predicted octanol–water partition coefficient (Wildman–Crippen LogP) is 2.55. The molecule has 0 spiro atoms. The standard InChI is InChI=1S/C12H13N3OS/c1-2-15-7-13-6-8(15)12-14-11-9(16)4-3-5-10(11)17-12/h6-7H,2-5H2,1H3. The molecule has 5 heteroatoms. The lowest BCUT2D eigenvalue weighted by Gasteiger charge is -2.06. The number of ketones is 1. The molecule has 2 aromatic heterocycles. The second kappa shape index (κ2) is 4.07. The first-order valence-electron chi connectivity index (χ1n) is 5.83. The molecule has 0 fully saturated rings. The fraction of sp³-hybridized carbons (Fsp3) is 0.417. The summed E-state index contributed by atoms with van der Waals surface area (Å²) < 4.78 is 2.05. The number of rotatable bonds is 2. The summed E-state index contributed by atoms with van der Waals surface area (Å²) in [5.74, 6) is 0.191. The molecule has 0 bridgehead atoms. The Morgan fingerprint density at radius 3 is 3.12 bits per heavy atom. The van der Waals surface area contributed by atoms with Crippen LogP contribution in [0, 0.1) is 0 Å². The van der Waals surface area contributed by atoms with Crippen LogP contribution in [-0.4, -0.2) is 20.3 Å². The highest BCUT2D eigenvalue weighted by Gasteiger charge is 2.23. The second-order valence-corrected chi connectivity index (χ2v) is 5.22. The van der Waals surface area contributed by atoms with Gasteiger partial charge >= 0.3 is 0 Å². The van der Waals surface area contributed by atoms with Crippen LogP contribution in [0.2, 0.25) is 0 Å². The van der Waals surface area contributed by atoms with Gasteiger partial charge in [0.15, 0.2) is 5.78 Å². The second-order valence-electron chi connectivity index (χ2n) is 4.13. The van der Waals surface area contributed by atoms with Gasteiger partial charge in [0.05, 0.1) is 18.2 Å². The van der Waals surface area contributed by atoms with Crippen molar-refractivity contribution in [1.82, 2.24) is 14.5 Å². The number of aromatic nitrogens is 3. The van der Waals surface area contributed by atoms with Crippen molar-refractivity contribution in [1.29, 1.82) is 0 Å². The Kier molecular flexibility index (Phi) is 2.55. The number of carbonyl (C=O) groups excluding carboxylic acids is 1. The molecule has 0 amide bonds. The van der Waals surface area contributed by atoms with Crippen molar-refractivity contribution in [3.63, 3.8) is 0 Å². The molecule has 2 aromatic rings. The number of thiazole rings is 1. The first-order chi connectivity index (χ1) is 8.29. The maximum Gasteiger partial charge on any atom is 0.182 e. The molecule has 2 heterocycles. The monoisotopic (exact) mass is 247 g/mol. The van der Waals surface area contributed by atoms with Gasteiger partial charge in [0, 0.05) is 17.8 Å². The third-order valence-corrected chi connectivity index (χ3v) is 4.18. The zero-order chi connectivity index (χ0) is 11.8. The molecule has 0 radical (unpaired) electrons. The van der Waals surface area contributed by atoms with E-state index in [1.165, 1.54) is 0 Å². The molecule has 88 valence electrons. The quantitative estimate of drug-likeness (QED) is 0.819. The van der Waals surface area contributed by atoms with Gasteiger partial charge < -0.3 is 4.57 Å². The fourth-order valence-corrected chi connectivity index (χ4v) is 3.27. The lowest BCUT2D eigenvalue weighted by Crippen LogP contribution is -2.08. The molecule has 0 aromatic carbocycles. The van der Waals surface area contributed by atoms with Crippen LogP contribution in [0.3, 0.4) is 0 Å². The van der Waals surface area contributed by atoms with Crippen LogP contribution >= 0.6 is 11.3 Å². The van der Waals surface area contributed by atoms with Crippen LogP contribution in [0.15, 0.2) is 12.5 Å². The van der Waals surface area contributed by atoms with Gasteiger partial charge in [0.25, 0.3) is 0 Å². The molecule has 0 saturated carbocycles. The Morgan fingerprint density at radius 1 is 1.47 bits per heavy atom. The first-order valence-corrected chi connectivity index (χ1v) is 6.64. The SMILES string of the molecule is CCn1cncc1-c1nc2c(s1)CCCC2=O. The highest BCUT2D eigenvalue weighted by Crippen LogP contribution is 2.32. The molecular weight excluding hydrogens is 234 g/mol. The molecule has 1 aliphatic rings. The molecule has 0 aliphatic heterocycles. The number of carbonyl (C=O) groups is 1. The maximum atomic E-state index is 11.7. The maximum absolute atomic E-state index is 11.7. The molecular formula is C12H13N3OS. The number of hydrogen-bond acceptors (Lipinski definition) is 4. The number of aryl methyl sites for hydroxylation is 2. The van der Waals surface area contributed by atoms with Crippen molar-refractivity contribution < 1.29 is 4.79 Å². The largest absolute Gasteiger partial charge is 0.329 e. The third-order valence-electron chi connectivity index (χ3n) is 3.04. The van der Waals surface area contributed by atoms with Crippen molar-refractivity contribution >= 4 is 17.1 Å². The Labute approximate surface area is 103 Å². The predicted molar refractivity (Wildman–Crippen MR) is 66.3 cm³/mol. The van der Waals surface area contributed by atoms with Crippen LogP contribution in [0.5, 0.6) is 0 Å². The van der Waals surface area contributed by atoms with E-state index in [9.17, 15) is 4.79 Å². The molecule has 0 N–H and O–H groups in total. The fourth-order valence-electron chi connectivity index (χ4n) is 2.13. The van der Waals surface area contributed by atoms with Gasteiger partial charge in [0.2, 0.25) is 0 Å². The number of imidazole rings is 1. The lowest BCUT2D eigenvalue weighted by molar-refractivity contribution is 0.0968. The van der Waals surface area contributed by atoms with E-state index in [2.05, 4.69) is 21.5 Å². The van der Waals surface area contributed by atoms with E-state index >= 15 is 0 Å². The van der Waals surface area contributed by atoms with Crippen LogP contribution in [0.25, 0.3) is 10.7 Å². The first kappa shape index (κ1) is 10.7. The van der Waals surface area contributed by atoms with Crippen LogP contribution in [0.4, 0.5) is 0 Å². The van der Waals surface area contributed by atoms with Crippen molar-refractivity contribution in [2.45, 2.75) is 32.7 Å². The van der Waals surface area contributed by atoms with Gasteiger partial charge in [-0.1, -0.05) is 0 Å². The highest BCUT2D eigenvalue weighted by molar-refractivity contribution is 7.15. The van der Waals surface area contributed by atoms with Gasteiger partial charge in [-0.2, -0.15) is 0 Å². The molecule has 4 nitrogen and oxygen atoms in total. The summed E-state index contributed by atoms with van der Waals surface area (Å²) in [7, 11) is 0. The Balaban J connectivity index is 2.08. The Morgan fingerprint density at radius 2 is 2.35 bits per heavy atom. The van der Waals surface area contributed by atoms with E-state index in [1.54, 1.807) is 17.7 Å². The van der Waals surface area contributed by atoms with Gasteiger partial charge in [-0.15, -0.1) is 11.3 Å². The van der Waals surface area contributed by atoms with Gasteiger partial charge in [-0.05, 0) is 19.8 Å². The molecule has 17 heavy (non-hydrogen) atoms. The van der Waals surface area contributed by atoms with Crippen LogP contribution in [-0.2, 0) is 13.0 Å². The number of Topliss-reactive ketones (excluding diaryl/α,β-unsaturated/α-hetero) is 1. The van der Waals surface area contributed by atoms with E-state index in [-0.39, 0.29) is 5.78 Å². The Bertz CT molecular complexity index is 570. The van der Waals surface area contributed by atoms with Gasteiger partial charge in [-0.3, -0.25) is 4.79 Å². The van der Waals surface area contributed by atoms with Crippen molar-refractivity contribution in [2.75, 3.05) is 0 Å². The normalized spacial score (nSPS) is 15.0. The Hall–Kier alpha value is -1.49. The summed E-state index contributed by atoms with van der Waals surface area (Å²) in [6.07, 6.45) is 6.21. The molecule has 1 aliphatic carbocycles. The summed E-state index contributed by atoms with van der Waals surface area (Å²) in [4.78, 5) is 21.5. The summed E-state index contributed by atoms with van der Waals surface area (Å²) in [5.41, 5.74) is 1.71. The summed E-state index contributed by atoms with van der Waals surface area (Å²) in [6.45, 7) is 2.94. The molecule has 3 rings (SSSR count). The number of fused-ring (bicyclic) bond motifs is 1. The van der Waals surface area contributed by atoms with Crippen molar-refractivity contribution in [2.24, 2.45) is 0 Å². The van der Waals surface area contributed by atoms with Crippen molar-refractivity contribution in [3.05, 3.63) is 23.1 Å². The summed E-state index contributed by atoms with van der Waals surface area (Å²) >= 11 is 1.63. The van der Waals surface area contributed by atoms with Crippen molar-refractivity contribution in [3.8, 4) is 10.7 Å². The molecule has 0 atom stereocenters. The summed E-state index contributed by atoms with van der Waals surface area (Å²) in [5, 5.41) is 0.921. The van der Waals surface area contributed by atoms with Crippen LogP contribution in [0.1, 0.15) is 35.1 Å². The smallest absolute Gasteiger partial charge is 0.182 e. The topological polar surface area (TPSA) is 47.8 Å². The highest BCUT2D eigenvalue weighted by atomic mass is 32.1. The average Bonchev–Trinajstić information content (AvgIpc) is 2.94. The minimum Gasteiger partial charge on any atom is -0.329 e. The number of hydrogen-bond donors (Lipinski definition) is 0. The van der Waals surface area contributed by atoms with E-state index < -0.39 is 0 Å². The molecule has 0 saturated heterocycles. The van der Waals surface area contributed by atoms with Gasteiger partial charge in [0.1, 0.15) is 10.7 Å². The third kappa shape index (κ3) is 1.70. The lowest BCUT2D eigenvalue weighted by atomic mass is 10.0. The zero-order valence-electron chi connectivity index (χ0n) is 9.64. The van der Waals surface area contributed by atoms with E-state index in [0.717, 1.165) is 35.0 Å². The zero-order valence-corrected chi connectivity index (χ0v) is 10.5.